The fourth-order valence-corrected chi connectivity index (χ4v) is 13.9. The number of hydrogen-bond donors (Lipinski definition) is 20. The molecule has 0 spiro atoms. The van der Waals surface area contributed by atoms with E-state index in [1.807, 2.05) is 26.0 Å². The molecule has 55 heteroatoms. The molecule has 652 valence electrons. The minimum absolute atomic E-state index is 0.0152. The van der Waals surface area contributed by atoms with Crippen LogP contribution in [0.2, 0.25) is 0 Å². The summed E-state index contributed by atoms with van der Waals surface area (Å²) in [6, 6.07) is 6.94. The number of rotatable bonds is 45. The molecule has 1 saturated heterocycles. The Morgan fingerprint density at radius 1 is 0.509 bits per heavy atom. The predicted octanol–water partition coefficient (Wildman–Crippen LogP) is 0.674. The van der Waals surface area contributed by atoms with Crippen molar-refractivity contribution in [1.82, 2.24) is 35.1 Å². The van der Waals surface area contributed by atoms with Crippen LogP contribution in [0.5, 0.6) is 0 Å². The Balaban J connectivity index is -0.000000627. The Labute approximate surface area is 649 Å². The van der Waals surface area contributed by atoms with Gasteiger partial charge < -0.3 is 123 Å². The Morgan fingerprint density at radius 3 is 1.30 bits per heavy atom. The van der Waals surface area contributed by atoms with Crippen molar-refractivity contribution in [1.29, 1.82) is 0 Å². The van der Waals surface area contributed by atoms with Crippen molar-refractivity contribution < 1.29 is 186 Å². The van der Waals surface area contributed by atoms with Crippen molar-refractivity contribution >= 4 is 105 Å². The second-order valence-corrected chi connectivity index (χ2v) is 39.3. The zero-order chi connectivity index (χ0) is 88.3. The molecule has 1 aliphatic heterocycles. The fourth-order valence-electron chi connectivity index (χ4n) is 7.55. The molecule has 0 bridgehead atoms. The molecule has 2 amide bonds. The molecular weight excluding hydrogens is 1680 g/mol. The van der Waals surface area contributed by atoms with Crippen LogP contribution in [0, 0.1) is 0 Å². The van der Waals surface area contributed by atoms with Gasteiger partial charge in [-0.05, 0) is 52.2 Å². The fraction of sp³-hybridized carbons (Fsp3) is 0.596. The van der Waals surface area contributed by atoms with Crippen molar-refractivity contribution in [2.75, 3.05) is 170 Å². The third-order valence-corrected chi connectivity index (χ3v) is 19.1. The Kier molecular flexibility index (Phi) is 56.0. The van der Waals surface area contributed by atoms with Gasteiger partial charge in [-0.15, -0.1) is 0 Å². The largest absolute Gasteiger partial charge is 0.472 e. The van der Waals surface area contributed by atoms with E-state index >= 15 is 0 Å². The number of ether oxygens (including phenoxy) is 3. The van der Waals surface area contributed by atoms with E-state index in [4.69, 9.17) is 87.6 Å². The molecule has 2 rings (SSSR count). The highest BCUT2D eigenvalue weighted by molar-refractivity contribution is 7.54. The number of benzene rings is 1. The number of hydrogen-bond acceptors (Lipinski definition) is 26. The van der Waals surface area contributed by atoms with Gasteiger partial charge in [-0.1, -0.05) is 69.8 Å². The summed E-state index contributed by atoms with van der Waals surface area (Å²) >= 11 is 0. The summed E-state index contributed by atoms with van der Waals surface area (Å²) in [4.78, 5) is 212. The third kappa shape index (κ3) is 76.0. The number of carbonyl (C=O) groups is 5. The topological polar surface area (TPSA) is 699 Å². The van der Waals surface area contributed by atoms with Gasteiger partial charge in [0, 0.05) is 93.3 Å². The van der Waals surface area contributed by atoms with Crippen LogP contribution >= 0.6 is 68.8 Å². The van der Waals surface area contributed by atoms with Gasteiger partial charge in [-0.2, -0.15) is 0 Å². The summed E-state index contributed by atoms with van der Waals surface area (Å²) < 4.78 is 126. The van der Waals surface area contributed by atoms with Gasteiger partial charge in [-0.25, -0.2) is 23.5 Å². The highest BCUT2D eigenvalue weighted by Crippen LogP contribution is 2.45. The first-order chi connectivity index (χ1) is 50.4. The first-order valence-electron chi connectivity index (χ1n) is 32.3. The van der Waals surface area contributed by atoms with Gasteiger partial charge in [0.25, 0.3) is 0 Å². The number of amides is 2. The van der Waals surface area contributed by atoms with Gasteiger partial charge in [0.15, 0.2) is 0 Å². The average molecular weight is 1800 g/mol. The zero-order valence-corrected chi connectivity index (χ0v) is 71.4. The normalized spacial score (nSPS) is 13.9. The molecule has 112 heavy (non-hydrogen) atoms. The maximum atomic E-state index is 11.6. The van der Waals surface area contributed by atoms with Crippen LogP contribution < -0.4 is 10.6 Å². The quantitative estimate of drug-likeness (QED) is 0.0107. The first kappa shape index (κ1) is 114. The van der Waals surface area contributed by atoms with Crippen molar-refractivity contribution in [2.45, 2.75) is 53.7 Å². The standard InChI is InChI=1S/C11H17NO6P2.C11H22NO6P.C10H19N2O5P.C9H20N2O7P2.C9H19NO9P2.C7H14NO5P/c1-2-10-3-5-11(6-4-10)7-12(8-19(13,14)15)9-20(16,17)18;1-10(2)11(13)16-8-9-18-19(14,15)17-7-6-12(3,4)5;1-9(2)10(13)12-5-3-11(4-6-12)7-8-17-18(14,15)16;1-8(2)9(12)10-4-3-5-11(6-19(13,14)15)7-20(16,17)18;1-7(2)9(12)19-4-8(11)3-10(5-20(13,14)15)6-21(16,17)18;1-6(2)7(9)13-4-3-8-5-14(10,11)12/h2-6H,1,7-9H2,(H2,13,14,15)(H2,16,17,18);1,6-9H2,2-5H3;1,3-8H2,2H3,(H2,14,15,16);1,3-7H2,2H3,(H,10,12)(H2,13,14,15)(H2,16,17,18);8,11H,1,3-6H2,2H3,(H2,13,14,15)(H2,16,17,18);8H,1,3-5H2,2H3,(H2,10,11,12)/p+1. The molecule has 46 nitrogen and oxygen atoms in total. The lowest BCUT2D eigenvalue weighted by Crippen LogP contribution is -2.49. The average Bonchev–Trinajstić information content (AvgIpc) is 0.886. The number of aliphatic hydroxyl groups excluding tert-OH is 1. The zero-order valence-electron chi connectivity index (χ0n) is 63.3. The first-order valence-corrected chi connectivity index (χ1v) is 47.9. The smallest absolute Gasteiger partial charge is 0.461 e. The number of phosphoric ester groups is 2. The molecule has 2 atom stereocenters. The predicted molar refractivity (Wildman–Crippen MR) is 408 cm³/mol. The third-order valence-electron chi connectivity index (χ3n) is 12.3. The van der Waals surface area contributed by atoms with Gasteiger partial charge in [-0.3, -0.25) is 74.7 Å². The number of phosphoric acid groups is 2. The van der Waals surface area contributed by atoms with Crippen molar-refractivity contribution in [3.63, 3.8) is 0 Å². The minimum atomic E-state index is -4.57. The highest BCUT2D eigenvalue weighted by Gasteiger charge is 2.31. The molecule has 1 fully saturated rings. The Bertz CT molecular complexity index is 3550. The van der Waals surface area contributed by atoms with E-state index in [0.717, 1.165) is 15.4 Å². The molecule has 0 aliphatic carbocycles. The number of piperazine rings is 1. The van der Waals surface area contributed by atoms with Gasteiger partial charge in [0.05, 0.1) is 40.6 Å². The lowest BCUT2D eigenvalue weighted by molar-refractivity contribution is -0.870. The molecule has 2 unspecified atom stereocenters. The summed E-state index contributed by atoms with van der Waals surface area (Å²) in [7, 11) is -33.4. The van der Waals surface area contributed by atoms with Crippen molar-refractivity contribution in [3.05, 3.63) is 103 Å². The summed E-state index contributed by atoms with van der Waals surface area (Å²) in [6.07, 6.45) is -4.63. The van der Waals surface area contributed by atoms with Crippen LogP contribution in [-0.2, 0) is 99.4 Å². The maximum Gasteiger partial charge on any atom is 0.472 e. The second-order valence-electron chi connectivity index (χ2n) is 25.3. The SMILES string of the molecule is C=C(C)C(=O)N1CCN(CCOP(=O)(O)O)CC1.C=C(C)C(=O)NCCCN(CP(=O)(O)O)CP(=O)(O)O.C=C(C)C(=O)OCC(O)CN(CP(=O)(O)O)CP(=O)(O)O.C=C(C)C(=O)OCCNCP(=O)(O)O.C=C(C)C(=O)OCCOP(=O)(O)OCC[N+](C)(C)C.C=Cc1ccc(CN(CP(=O)(O)O)CP(=O)(O)O)cc1. The van der Waals surface area contributed by atoms with E-state index in [1.54, 1.807) is 42.2 Å². The number of nitrogens with one attached hydrogen (secondary N) is 2. The van der Waals surface area contributed by atoms with E-state index in [1.165, 1.54) is 27.7 Å². The Morgan fingerprint density at radius 2 is 0.920 bits per heavy atom. The number of esters is 3. The molecule has 0 radical (unpaired) electrons. The molecule has 1 aliphatic rings. The highest BCUT2D eigenvalue weighted by atomic mass is 31.2. The monoisotopic (exact) mass is 1800 g/mol. The number of likely N-dealkylation sites (N-methyl/N-ethyl adjacent to an activating group) is 1. The van der Waals surface area contributed by atoms with E-state index < -0.39 is 150 Å². The molecule has 0 saturated carbocycles. The van der Waals surface area contributed by atoms with Crippen LogP contribution in [0.1, 0.15) is 52.2 Å². The van der Waals surface area contributed by atoms with Gasteiger partial charge >= 0.3 is 86.7 Å². The molecule has 20 N–H and O–H groups in total. The number of nitrogens with zero attached hydrogens (tertiary/aromatic N) is 6. The molecule has 1 aromatic carbocycles. The second kappa shape index (κ2) is 54.9. The van der Waals surface area contributed by atoms with Crippen LogP contribution in [-0.4, -0.2) is 323 Å². The summed E-state index contributed by atoms with van der Waals surface area (Å²) in [5.41, 5.74) is 3.07. The maximum absolute atomic E-state index is 11.6. The summed E-state index contributed by atoms with van der Waals surface area (Å²) in [6.45, 7) is 31.2. The van der Waals surface area contributed by atoms with Crippen LogP contribution in [0.4, 0.5) is 0 Å². The minimum Gasteiger partial charge on any atom is -0.461 e. The molecule has 1 heterocycles. The van der Waals surface area contributed by atoms with Crippen LogP contribution in [0.15, 0.2) is 91.6 Å². The van der Waals surface area contributed by atoms with Crippen LogP contribution in [0.25, 0.3) is 6.08 Å². The van der Waals surface area contributed by atoms with E-state index in [-0.39, 0.29) is 82.2 Å². The van der Waals surface area contributed by atoms with E-state index in [2.05, 4.69) is 68.6 Å². The molecule has 1 aromatic rings. The summed E-state index contributed by atoms with van der Waals surface area (Å²) in [5.74, 6) is -2.22. The van der Waals surface area contributed by atoms with E-state index in [9.17, 15) is 75.1 Å². The molecular formula is C57H112N8O38P9+. The van der Waals surface area contributed by atoms with Crippen molar-refractivity contribution in [3.8, 4) is 0 Å². The number of quaternary nitrogens is 1. The lowest BCUT2D eigenvalue weighted by Gasteiger charge is -2.34. The van der Waals surface area contributed by atoms with E-state index in [0.29, 0.717) is 77.4 Å². The lowest BCUT2D eigenvalue weighted by atomic mass is 10.1. The van der Waals surface area contributed by atoms with Crippen molar-refractivity contribution in [2.24, 2.45) is 0 Å². The van der Waals surface area contributed by atoms with Crippen LogP contribution in [0.3, 0.4) is 0 Å². The van der Waals surface area contributed by atoms with Gasteiger partial charge in [0.2, 0.25) is 11.8 Å². The number of carbonyl (C=O) groups excluding carboxylic acids is 5. The Hall–Kier alpha value is -4.00. The number of aliphatic hydroxyl groups is 1. The summed E-state index contributed by atoms with van der Waals surface area (Å²) in [5, 5.41) is 14.5. The molecule has 0 aromatic heterocycles. The van der Waals surface area contributed by atoms with Gasteiger partial charge in [0.1, 0.15) is 76.8 Å².